The van der Waals surface area contributed by atoms with Gasteiger partial charge in [-0.15, -0.1) is 0 Å². The van der Waals surface area contributed by atoms with Gasteiger partial charge in [0.05, 0.1) is 5.54 Å². The summed E-state index contributed by atoms with van der Waals surface area (Å²) in [5.74, 6) is 0. The Hall–Kier alpha value is -6.94. The van der Waals surface area contributed by atoms with Crippen LogP contribution in [0.4, 0.5) is 28.4 Å². The van der Waals surface area contributed by atoms with Crippen LogP contribution in [0.15, 0.2) is 223 Å². The molecule has 3 heteroatoms. The molecule has 324 valence electrons. The fourth-order valence-electron chi connectivity index (χ4n) is 7.99. The van der Waals surface area contributed by atoms with Gasteiger partial charge in [-0.1, -0.05) is 172 Å². The molecule has 6 rings (SSSR count). The SMILES string of the molecule is C\C=C/C(/C=C/c1ccc(N(/C(C)=C/C)c2ccc(C(C)(C)c3ccc(C(C)(N)c4ccc(N(c5ccccc5)c5ccc(/C=C/C(/C=C\C)=C/C)cc5)cc4)cc3)cc2)cc1)=C\C. The van der Waals surface area contributed by atoms with E-state index in [0.717, 1.165) is 50.7 Å². The van der Waals surface area contributed by atoms with E-state index in [1.807, 2.05) is 13.8 Å². The summed E-state index contributed by atoms with van der Waals surface area (Å²) in [6.45, 7) is 19.1. The minimum absolute atomic E-state index is 0.228. The smallest absolute Gasteiger partial charge is 0.0636 e. The highest BCUT2D eigenvalue weighted by molar-refractivity contribution is 5.77. The van der Waals surface area contributed by atoms with Crippen molar-refractivity contribution in [1.82, 2.24) is 0 Å². The molecule has 3 nitrogen and oxygen atoms in total. The summed E-state index contributed by atoms with van der Waals surface area (Å²) in [7, 11) is 0. The Kier molecular flexibility index (Phi) is 15.6. The van der Waals surface area contributed by atoms with Crippen LogP contribution in [-0.2, 0) is 11.0 Å². The minimum atomic E-state index is -0.697. The zero-order chi connectivity index (χ0) is 45.7. The van der Waals surface area contributed by atoms with Crippen molar-refractivity contribution in [1.29, 1.82) is 0 Å². The van der Waals surface area contributed by atoms with Crippen molar-refractivity contribution in [3.63, 3.8) is 0 Å². The van der Waals surface area contributed by atoms with Crippen molar-refractivity contribution in [3.8, 4) is 0 Å². The third-order valence-electron chi connectivity index (χ3n) is 12.2. The van der Waals surface area contributed by atoms with Gasteiger partial charge in [0, 0.05) is 39.5 Å². The summed E-state index contributed by atoms with van der Waals surface area (Å²) in [5, 5.41) is 0. The van der Waals surface area contributed by atoms with Crippen molar-refractivity contribution in [3.05, 3.63) is 257 Å². The van der Waals surface area contributed by atoms with Crippen LogP contribution in [0.25, 0.3) is 12.2 Å². The normalized spacial score (nSPS) is 13.9. The summed E-state index contributed by atoms with van der Waals surface area (Å²) in [5.41, 5.74) is 22.2. The summed E-state index contributed by atoms with van der Waals surface area (Å²) in [6, 6.07) is 54.5. The van der Waals surface area contributed by atoms with E-state index in [1.54, 1.807) is 0 Å². The molecular formula is C61H65N3. The number of allylic oxidation sites excluding steroid dienone is 12. The maximum Gasteiger partial charge on any atom is 0.0636 e. The Balaban J connectivity index is 1.19. The first kappa shape index (κ1) is 46.6. The van der Waals surface area contributed by atoms with E-state index < -0.39 is 5.54 Å². The summed E-state index contributed by atoms with van der Waals surface area (Å²) in [6.07, 6.45) is 23.4. The molecule has 1 atom stereocenters. The average Bonchev–Trinajstić information content (AvgIpc) is 3.33. The number of anilines is 5. The Morgan fingerprint density at radius 2 is 0.781 bits per heavy atom. The van der Waals surface area contributed by atoms with Crippen LogP contribution in [-0.4, -0.2) is 0 Å². The van der Waals surface area contributed by atoms with Gasteiger partial charge in [0.1, 0.15) is 0 Å². The Bertz CT molecular complexity index is 2650. The lowest BCUT2D eigenvalue weighted by molar-refractivity contribution is 0.599. The number of nitrogens with zero attached hydrogens (tertiary/aromatic N) is 2. The molecule has 0 saturated heterocycles. The maximum absolute atomic E-state index is 7.21. The molecule has 0 radical (unpaired) electrons. The number of hydrogen-bond donors (Lipinski definition) is 1. The van der Waals surface area contributed by atoms with Gasteiger partial charge in [-0.25, -0.2) is 0 Å². The third-order valence-corrected chi connectivity index (χ3v) is 12.2. The van der Waals surface area contributed by atoms with E-state index in [9.17, 15) is 0 Å². The fourth-order valence-corrected chi connectivity index (χ4v) is 7.99. The van der Waals surface area contributed by atoms with E-state index in [-0.39, 0.29) is 5.41 Å². The topological polar surface area (TPSA) is 32.5 Å². The first-order chi connectivity index (χ1) is 30.9. The molecule has 0 spiro atoms. The molecule has 0 bridgehead atoms. The molecule has 0 amide bonds. The molecule has 6 aromatic carbocycles. The number of para-hydroxylation sites is 1. The van der Waals surface area contributed by atoms with Crippen LogP contribution in [0.5, 0.6) is 0 Å². The lowest BCUT2D eigenvalue weighted by atomic mass is 9.76. The van der Waals surface area contributed by atoms with Crippen LogP contribution < -0.4 is 15.5 Å². The van der Waals surface area contributed by atoms with Gasteiger partial charge in [0.15, 0.2) is 0 Å². The van der Waals surface area contributed by atoms with Crippen LogP contribution in [0, 0.1) is 0 Å². The van der Waals surface area contributed by atoms with Gasteiger partial charge < -0.3 is 15.5 Å². The van der Waals surface area contributed by atoms with Crippen LogP contribution in [0.1, 0.15) is 95.7 Å². The minimum Gasteiger partial charge on any atom is -0.318 e. The van der Waals surface area contributed by atoms with E-state index >= 15 is 0 Å². The lowest BCUT2D eigenvalue weighted by Gasteiger charge is -2.31. The lowest BCUT2D eigenvalue weighted by Crippen LogP contribution is -2.34. The Labute approximate surface area is 384 Å². The van der Waals surface area contributed by atoms with Crippen LogP contribution in [0.3, 0.4) is 0 Å². The van der Waals surface area contributed by atoms with E-state index in [1.165, 1.54) is 28.0 Å². The molecule has 1 unspecified atom stereocenters. The average molecular weight is 840 g/mol. The predicted molar refractivity (Wildman–Crippen MR) is 280 cm³/mol. The van der Waals surface area contributed by atoms with Gasteiger partial charge in [0.2, 0.25) is 0 Å². The Morgan fingerprint density at radius 1 is 0.422 bits per heavy atom. The number of rotatable bonds is 16. The second-order valence-electron chi connectivity index (χ2n) is 16.9. The third kappa shape index (κ3) is 11.0. The van der Waals surface area contributed by atoms with Crippen molar-refractivity contribution in [2.24, 2.45) is 5.73 Å². The van der Waals surface area contributed by atoms with Gasteiger partial charge in [-0.05, 0) is 154 Å². The molecule has 0 aliphatic heterocycles. The van der Waals surface area contributed by atoms with Crippen LogP contribution >= 0.6 is 0 Å². The zero-order valence-electron chi connectivity index (χ0n) is 39.3. The molecule has 0 aliphatic rings. The van der Waals surface area contributed by atoms with E-state index in [0.29, 0.717) is 0 Å². The second kappa shape index (κ2) is 21.4. The first-order valence-electron chi connectivity index (χ1n) is 22.5. The molecule has 6 aromatic rings. The van der Waals surface area contributed by atoms with Crippen molar-refractivity contribution < 1.29 is 0 Å². The standard InChI is InChI=1S/C61H65N3/c1-10-18-47(13-4)22-24-49-26-38-56(39-27-49)63(46(6)12-3)57-42-34-52(35-43-57)60(7,8)51-30-32-53(33-31-51)61(9,62)54-36-44-59(45-37-54)64(55-20-16-15-17-21-55)58-40-28-50(29-41-58)25-23-48(14-5)19-11-2/h10-45H,62H2,1-9H3/b18-10-,19-11-,24-22+,25-23+,46-12+,47-13+,48-14+. The maximum atomic E-state index is 7.21. The molecule has 0 heterocycles. The number of nitrogens with two attached hydrogens (primary N) is 1. The van der Waals surface area contributed by atoms with Crippen LogP contribution in [0.2, 0.25) is 0 Å². The molecular weight excluding hydrogens is 775 g/mol. The van der Waals surface area contributed by atoms with Gasteiger partial charge in [0.25, 0.3) is 0 Å². The largest absolute Gasteiger partial charge is 0.318 e. The highest BCUT2D eigenvalue weighted by Gasteiger charge is 2.28. The second-order valence-corrected chi connectivity index (χ2v) is 16.9. The van der Waals surface area contributed by atoms with Gasteiger partial charge in [-0.3, -0.25) is 0 Å². The summed E-state index contributed by atoms with van der Waals surface area (Å²) < 4.78 is 0. The van der Waals surface area contributed by atoms with Gasteiger partial charge >= 0.3 is 0 Å². The Morgan fingerprint density at radius 3 is 1.20 bits per heavy atom. The summed E-state index contributed by atoms with van der Waals surface area (Å²) in [4.78, 5) is 4.60. The molecule has 64 heavy (non-hydrogen) atoms. The van der Waals surface area contributed by atoms with E-state index in [4.69, 9.17) is 5.73 Å². The quantitative estimate of drug-likeness (QED) is 0.0986. The molecule has 0 aromatic heterocycles. The monoisotopic (exact) mass is 840 g/mol. The zero-order valence-corrected chi connectivity index (χ0v) is 39.3. The van der Waals surface area contributed by atoms with Gasteiger partial charge in [-0.2, -0.15) is 0 Å². The van der Waals surface area contributed by atoms with Crippen molar-refractivity contribution >= 4 is 40.6 Å². The number of benzene rings is 6. The summed E-state index contributed by atoms with van der Waals surface area (Å²) >= 11 is 0. The highest BCUT2D eigenvalue weighted by atomic mass is 15.1. The molecule has 0 aliphatic carbocycles. The highest BCUT2D eigenvalue weighted by Crippen LogP contribution is 2.39. The van der Waals surface area contributed by atoms with Crippen molar-refractivity contribution in [2.75, 3.05) is 9.80 Å². The first-order valence-corrected chi connectivity index (χ1v) is 22.5. The molecule has 0 saturated carbocycles. The molecule has 0 fully saturated rings. The van der Waals surface area contributed by atoms with Crippen molar-refractivity contribution in [2.45, 2.75) is 73.3 Å². The molecule has 2 N–H and O–H groups in total. The predicted octanol–water partition coefficient (Wildman–Crippen LogP) is 16.8. The van der Waals surface area contributed by atoms with E-state index in [2.05, 4.69) is 277 Å². The number of hydrogen-bond acceptors (Lipinski definition) is 3. The fraction of sp³-hybridized carbons (Fsp3) is 0.180.